The van der Waals surface area contributed by atoms with Gasteiger partial charge in [-0.15, -0.1) is 11.3 Å². The van der Waals surface area contributed by atoms with Crippen molar-refractivity contribution < 1.29 is 4.74 Å². The molecule has 1 saturated carbocycles. The van der Waals surface area contributed by atoms with Crippen molar-refractivity contribution in [2.45, 2.75) is 51.0 Å². The van der Waals surface area contributed by atoms with E-state index < -0.39 is 0 Å². The first-order valence-corrected chi connectivity index (χ1v) is 11.7. The number of methoxy groups -OCH3 is 1. The molecule has 1 aromatic rings. The lowest BCUT2D eigenvalue weighted by Crippen LogP contribution is -2.47. The highest BCUT2D eigenvalue weighted by atomic mass is 32.1. The predicted molar refractivity (Wildman–Crippen MR) is 119 cm³/mol. The molecule has 1 aromatic heterocycles. The second-order valence-corrected chi connectivity index (χ2v) is 9.58. The van der Waals surface area contributed by atoms with Crippen LogP contribution >= 0.6 is 11.3 Å². The third-order valence-electron chi connectivity index (χ3n) is 6.73. The SMILES string of the molecule is CN=C(NCC1CCCN(C)C1c1cccs1)NCC1(CCOC)CCCC1. The van der Waals surface area contributed by atoms with Crippen LogP contribution in [-0.4, -0.2) is 58.3 Å². The summed E-state index contributed by atoms with van der Waals surface area (Å²) in [4.78, 5) is 8.52. The van der Waals surface area contributed by atoms with Gasteiger partial charge < -0.3 is 15.4 Å². The van der Waals surface area contributed by atoms with Gasteiger partial charge in [0.2, 0.25) is 0 Å². The lowest BCUT2D eigenvalue weighted by Gasteiger charge is -2.39. The number of hydrogen-bond acceptors (Lipinski definition) is 4. The Labute approximate surface area is 174 Å². The lowest BCUT2D eigenvalue weighted by atomic mass is 9.83. The standard InChI is InChI=1S/C22H38N4OS/c1-23-21(25-17-22(12-14-27-3)10-4-5-11-22)24-16-18-8-6-13-26(2)20(18)19-9-7-15-28-19/h7,9,15,18,20H,4-6,8,10-14,16-17H2,1-3H3,(H2,23,24,25). The second-order valence-electron chi connectivity index (χ2n) is 8.60. The molecule has 6 heteroatoms. The van der Waals surface area contributed by atoms with E-state index in [0.717, 1.165) is 32.1 Å². The Morgan fingerprint density at radius 3 is 2.82 bits per heavy atom. The smallest absolute Gasteiger partial charge is 0.191 e. The van der Waals surface area contributed by atoms with Gasteiger partial charge in [-0.3, -0.25) is 9.89 Å². The molecule has 5 nitrogen and oxygen atoms in total. The minimum absolute atomic E-state index is 0.373. The van der Waals surface area contributed by atoms with Crippen LogP contribution in [0.25, 0.3) is 0 Å². The number of nitrogens with zero attached hydrogens (tertiary/aromatic N) is 2. The Morgan fingerprint density at radius 2 is 2.14 bits per heavy atom. The minimum atomic E-state index is 0.373. The number of ether oxygens (including phenoxy) is 1. The third kappa shape index (κ3) is 5.49. The Bertz CT molecular complexity index is 598. The molecular weight excluding hydrogens is 368 g/mol. The Balaban J connectivity index is 1.54. The number of rotatable bonds is 8. The maximum Gasteiger partial charge on any atom is 0.191 e. The molecule has 0 aromatic carbocycles. The summed E-state index contributed by atoms with van der Waals surface area (Å²) in [6.45, 7) is 4.01. The van der Waals surface area contributed by atoms with Crippen molar-refractivity contribution in [3.63, 3.8) is 0 Å². The van der Waals surface area contributed by atoms with E-state index in [4.69, 9.17) is 4.74 Å². The molecule has 1 aliphatic carbocycles. The zero-order valence-electron chi connectivity index (χ0n) is 17.9. The molecule has 2 fully saturated rings. The van der Waals surface area contributed by atoms with Crippen molar-refractivity contribution in [3.05, 3.63) is 22.4 Å². The van der Waals surface area contributed by atoms with Gasteiger partial charge in [-0.2, -0.15) is 0 Å². The lowest BCUT2D eigenvalue weighted by molar-refractivity contribution is 0.125. The summed E-state index contributed by atoms with van der Waals surface area (Å²) in [6.07, 6.45) is 8.97. The molecule has 0 radical (unpaired) electrons. The number of guanidine groups is 1. The van der Waals surface area contributed by atoms with Crippen LogP contribution in [0, 0.1) is 11.3 Å². The molecule has 2 N–H and O–H groups in total. The average Bonchev–Trinajstić information content (AvgIpc) is 3.39. The summed E-state index contributed by atoms with van der Waals surface area (Å²) in [6, 6.07) is 4.98. The average molecular weight is 407 g/mol. The van der Waals surface area contributed by atoms with Crippen LogP contribution in [0.3, 0.4) is 0 Å². The van der Waals surface area contributed by atoms with Gasteiger partial charge in [0.15, 0.2) is 5.96 Å². The monoisotopic (exact) mass is 406 g/mol. The van der Waals surface area contributed by atoms with Gasteiger partial charge in [-0.05, 0) is 68.5 Å². The van der Waals surface area contributed by atoms with E-state index in [2.05, 4.69) is 45.1 Å². The molecule has 2 atom stereocenters. The molecule has 0 amide bonds. The molecule has 0 bridgehead atoms. The van der Waals surface area contributed by atoms with Crippen LogP contribution in [0.2, 0.25) is 0 Å². The van der Waals surface area contributed by atoms with Gasteiger partial charge in [0.05, 0.1) is 0 Å². The minimum Gasteiger partial charge on any atom is -0.385 e. The van der Waals surface area contributed by atoms with E-state index >= 15 is 0 Å². The van der Waals surface area contributed by atoms with Crippen LogP contribution < -0.4 is 10.6 Å². The maximum atomic E-state index is 5.37. The second kappa shape index (κ2) is 10.6. The topological polar surface area (TPSA) is 48.9 Å². The Kier molecular flexibility index (Phi) is 8.18. The van der Waals surface area contributed by atoms with Gasteiger partial charge in [-0.1, -0.05) is 18.9 Å². The van der Waals surface area contributed by atoms with Crippen LogP contribution in [0.1, 0.15) is 55.9 Å². The van der Waals surface area contributed by atoms with Gasteiger partial charge in [0, 0.05) is 44.8 Å². The van der Waals surface area contributed by atoms with E-state index in [-0.39, 0.29) is 0 Å². The first-order chi connectivity index (χ1) is 13.7. The van der Waals surface area contributed by atoms with Crippen molar-refractivity contribution in [1.82, 2.24) is 15.5 Å². The number of hydrogen-bond donors (Lipinski definition) is 2. The van der Waals surface area contributed by atoms with Crippen molar-refractivity contribution in [3.8, 4) is 0 Å². The van der Waals surface area contributed by atoms with Crippen molar-refractivity contribution in [2.24, 2.45) is 16.3 Å². The quantitative estimate of drug-likeness (QED) is 0.508. The molecule has 0 spiro atoms. The predicted octanol–water partition coefficient (Wildman–Crippen LogP) is 3.89. The first kappa shape index (κ1) is 21.6. The summed E-state index contributed by atoms with van der Waals surface area (Å²) in [7, 11) is 5.96. The zero-order valence-corrected chi connectivity index (χ0v) is 18.7. The van der Waals surface area contributed by atoms with E-state index in [9.17, 15) is 0 Å². The third-order valence-corrected chi connectivity index (χ3v) is 7.67. The summed E-state index contributed by atoms with van der Waals surface area (Å²) in [5.41, 5.74) is 0.373. The highest BCUT2D eigenvalue weighted by Crippen LogP contribution is 2.40. The van der Waals surface area contributed by atoms with Crippen molar-refractivity contribution in [2.75, 3.05) is 47.4 Å². The van der Waals surface area contributed by atoms with Gasteiger partial charge in [-0.25, -0.2) is 0 Å². The molecule has 2 heterocycles. The molecule has 3 rings (SSSR count). The van der Waals surface area contributed by atoms with Crippen LogP contribution in [-0.2, 0) is 4.74 Å². The van der Waals surface area contributed by atoms with E-state index in [1.807, 2.05) is 25.5 Å². The van der Waals surface area contributed by atoms with Gasteiger partial charge >= 0.3 is 0 Å². The van der Waals surface area contributed by atoms with Crippen LogP contribution in [0.5, 0.6) is 0 Å². The maximum absolute atomic E-state index is 5.37. The summed E-state index contributed by atoms with van der Waals surface area (Å²) in [5.74, 6) is 1.56. The van der Waals surface area contributed by atoms with Gasteiger partial charge in [0.25, 0.3) is 0 Å². The van der Waals surface area contributed by atoms with Crippen LogP contribution in [0.15, 0.2) is 22.5 Å². The largest absolute Gasteiger partial charge is 0.385 e. The number of aliphatic imine (C=N–C) groups is 1. The van der Waals surface area contributed by atoms with Gasteiger partial charge in [0.1, 0.15) is 0 Å². The fraction of sp³-hybridized carbons (Fsp3) is 0.773. The van der Waals surface area contributed by atoms with E-state index in [1.54, 1.807) is 0 Å². The molecule has 1 saturated heterocycles. The normalized spacial score (nSPS) is 25.8. The Hall–Kier alpha value is -1.11. The van der Waals surface area contributed by atoms with Crippen molar-refractivity contribution in [1.29, 1.82) is 0 Å². The molecular formula is C22H38N4OS. The highest BCUT2D eigenvalue weighted by molar-refractivity contribution is 7.10. The highest BCUT2D eigenvalue weighted by Gasteiger charge is 2.34. The number of nitrogens with one attached hydrogen (secondary N) is 2. The van der Waals surface area contributed by atoms with Crippen molar-refractivity contribution >= 4 is 17.3 Å². The zero-order chi connectivity index (χ0) is 19.8. The van der Waals surface area contributed by atoms with E-state index in [0.29, 0.717) is 17.4 Å². The molecule has 158 valence electrons. The van der Waals surface area contributed by atoms with Crippen LogP contribution in [0.4, 0.5) is 0 Å². The summed E-state index contributed by atoms with van der Waals surface area (Å²) >= 11 is 1.88. The first-order valence-electron chi connectivity index (χ1n) is 10.8. The Morgan fingerprint density at radius 1 is 1.32 bits per heavy atom. The summed E-state index contributed by atoms with van der Waals surface area (Å²) < 4.78 is 5.37. The fourth-order valence-corrected chi connectivity index (χ4v) is 6.04. The fourth-order valence-electron chi connectivity index (χ4n) is 5.06. The molecule has 2 aliphatic rings. The van der Waals surface area contributed by atoms with E-state index in [1.165, 1.54) is 49.9 Å². The molecule has 2 unspecified atom stereocenters. The molecule has 28 heavy (non-hydrogen) atoms. The number of piperidine rings is 1. The molecule has 1 aliphatic heterocycles. The number of likely N-dealkylation sites (tertiary alicyclic amines) is 1. The summed E-state index contributed by atoms with van der Waals surface area (Å²) in [5, 5.41) is 9.47. The number of thiophene rings is 1.